The van der Waals surface area contributed by atoms with Gasteiger partial charge in [0.25, 0.3) is 11.6 Å². The minimum absolute atomic E-state index is 0.0744. The predicted octanol–water partition coefficient (Wildman–Crippen LogP) is 3.89. The Hall–Kier alpha value is -3.13. The zero-order valence-corrected chi connectivity index (χ0v) is 13.8. The lowest BCUT2D eigenvalue weighted by atomic mass is 10.2. The lowest BCUT2D eigenvalue weighted by Crippen LogP contribution is -1.99. The van der Waals surface area contributed by atoms with E-state index in [4.69, 9.17) is 25.5 Å². The van der Waals surface area contributed by atoms with Gasteiger partial charge in [0.15, 0.2) is 18.1 Å². The summed E-state index contributed by atoms with van der Waals surface area (Å²) in [5.41, 5.74) is 0.494. The number of hydrogen-bond acceptors (Lipinski definition) is 7. The highest BCUT2D eigenvalue weighted by Gasteiger charge is 2.15. The average Bonchev–Trinajstić information content (AvgIpc) is 3.08. The number of nitro benzene ring substituents is 1. The van der Waals surface area contributed by atoms with Crippen molar-refractivity contribution in [1.29, 1.82) is 0 Å². The van der Waals surface area contributed by atoms with Gasteiger partial charge < -0.3 is 13.9 Å². The number of rotatable bonds is 6. The number of benzene rings is 2. The van der Waals surface area contributed by atoms with Gasteiger partial charge >= 0.3 is 0 Å². The van der Waals surface area contributed by atoms with E-state index >= 15 is 0 Å². The molecule has 2 aromatic carbocycles. The third kappa shape index (κ3) is 3.69. The fraction of sp³-hybridized carbons (Fsp3) is 0.125. The quantitative estimate of drug-likeness (QED) is 0.485. The molecule has 0 saturated heterocycles. The van der Waals surface area contributed by atoms with Crippen LogP contribution in [0.3, 0.4) is 0 Å². The van der Waals surface area contributed by atoms with E-state index in [1.165, 1.54) is 25.3 Å². The summed E-state index contributed by atoms with van der Waals surface area (Å²) in [5, 5.41) is 19.2. The van der Waals surface area contributed by atoms with E-state index < -0.39 is 4.92 Å². The number of methoxy groups -OCH3 is 1. The highest BCUT2D eigenvalue weighted by atomic mass is 35.5. The molecule has 0 spiro atoms. The molecule has 0 radical (unpaired) electrons. The zero-order chi connectivity index (χ0) is 17.8. The summed E-state index contributed by atoms with van der Waals surface area (Å²) in [7, 11) is 1.44. The maximum atomic E-state index is 10.9. The van der Waals surface area contributed by atoms with Gasteiger partial charge in [-0.2, -0.15) is 0 Å². The summed E-state index contributed by atoms with van der Waals surface area (Å²) in [6.45, 7) is -0.0744. The van der Waals surface area contributed by atoms with E-state index in [2.05, 4.69) is 10.2 Å². The van der Waals surface area contributed by atoms with Crippen molar-refractivity contribution in [2.24, 2.45) is 0 Å². The van der Waals surface area contributed by atoms with Crippen LogP contribution in [0.4, 0.5) is 5.69 Å². The van der Waals surface area contributed by atoms with E-state index in [1.54, 1.807) is 24.3 Å². The number of nitrogens with zero attached hydrogens (tertiary/aromatic N) is 3. The molecule has 0 saturated carbocycles. The van der Waals surface area contributed by atoms with Gasteiger partial charge in [-0.15, -0.1) is 10.2 Å². The van der Waals surface area contributed by atoms with Crippen LogP contribution in [0.25, 0.3) is 11.5 Å². The van der Waals surface area contributed by atoms with Gasteiger partial charge in [-0.3, -0.25) is 10.1 Å². The van der Waals surface area contributed by atoms with Crippen molar-refractivity contribution < 1.29 is 18.8 Å². The molecule has 25 heavy (non-hydrogen) atoms. The molecule has 0 atom stereocenters. The molecule has 9 heteroatoms. The molecule has 0 aliphatic heterocycles. The molecule has 3 aromatic rings. The molecule has 128 valence electrons. The topological polar surface area (TPSA) is 101 Å². The first kappa shape index (κ1) is 16.7. The maximum Gasteiger partial charge on any atom is 0.273 e. The predicted molar refractivity (Wildman–Crippen MR) is 88.7 cm³/mol. The second-order valence-electron chi connectivity index (χ2n) is 4.86. The van der Waals surface area contributed by atoms with Crippen molar-refractivity contribution >= 4 is 17.3 Å². The number of non-ortho nitro benzene ring substituents is 1. The van der Waals surface area contributed by atoms with Crippen LogP contribution in [0, 0.1) is 10.1 Å². The number of hydrogen-bond donors (Lipinski definition) is 0. The molecule has 1 heterocycles. The van der Waals surface area contributed by atoms with Crippen LogP contribution >= 0.6 is 11.6 Å². The van der Waals surface area contributed by atoms with Crippen molar-refractivity contribution in [2.75, 3.05) is 7.11 Å². The maximum absolute atomic E-state index is 10.9. The SMILES string of the molecule is COc1ccc([N+](=O)[O-])cc1OCc1nnc(-c2ccccc2Cl)o1. The Morgan fingerprint density at radius 2 is 2.00 bits per heavy atom. The molecule has 0 bridgehead atoms. The highest BCUT2D eigenvalue weighted by Crippen LogP contribution is 2.32. The fourth-order valence-corrected chi connectivity index (χ4v) is 2.30. The Bertz CT molecular complexity index is 912. The lowest BCUT2D eigenvalue weighted by Gasteiger charge is -2.08. The van der Waals surface area contributed by atoms with Gasteiger partial charge in [-0.1, -0.05) is 23.7 Å². The smallest absolute Gasteiger partial charge is 0.273 e. The molecule has 1 aromatic heterocycles. The summed E-state index contributed by atoms with van der Waals surface area (Å²) in [6.07, 6.45) is 0. The second-order valence-corrected chi connectivity index (χ2v) is 5.27. The Balaban J connectivity index is 1.78. The normalized spacial score (nSPS) is 10.5. The number of ether oxygens (including phenoxy) is 2. The van der Waals surface area contributed by atoms with Crippen LogP contribution in [-0.4, -0.2) is 22.2 Å². The van der Waals surface area contributed by atoms with E-state index in [0.717, 1.165) is 0 Å². The Kier molecular flexibility index (Phi) is 4.80. The fourth-order valence-electron chi connectivity index (χ4n) is 2.09. The van der Waals surface area contributed by atoms with Crippen molar-refractivity contribution in [2.45, 2.75) is 6.61 Å². The molecule has 0 fully saturated rings. The van der Waals surface area contributed by atoms with E-state index in [0.29, 0.717) is 16.3 Å². The van der Waals surface area contributed by atoms with E-state index in [9.17, 15) is 10.1 Å². The highest BCUT2D eigenvalue weighted by molar-refractivity contribution is 6.33. The minimum Gasteiger partial charge on any atom is -0.493 e. The third-order valence-electron chi connectivity index (χ3n) is 3.28. The lowest BCUT2D eigenvalue weighted by molar-refractivity contribution is -0.385. The van der Waals surface area contributed by atoms with Gasteiger partial charge in [0, 0.05) is 6.07 Å². The molecular weight excluding hydrogens is 350 g/mol. The molecule has 8 nitrogen and oxygen atoms in total. The average molecular weight is 362 g/mol. The number of nitro groups is 1. The van der Waals surface area contributed by atoms with Crippen LogP contribution in [0.1, 0.15) is 5.89 Å². The molecule has 0 aliphatic carbocycles. The third-order valence-corrected chi connectivity index (χ3v) is 3.61. The first-order valence-electron chi connectivity index (χ1n) is 7.11. The van der Waals surface area contributed by atoms with Gasteiger partial charge in [-0.25, -0.2) is 0 Å². The summed E-state index contributed by atoms with van der Waals surface area (Å²) in [6, 6.07) is 11.1. The van der Waals surface area contributed by atoms with Crippen molar-refractivity contribution in [1.82, 2.24) is 10.2 Å². The summed E-state index contributed by atoms with van der Waals surface area (Å²) in [5.74, 6) is 1.02. The van der Waals surface area contributed by atoms with Crippen LogP contribution < -0.4 is 9.47 Å². The Labute approximate surface area is 147 Å². The molecule has 0 unspecified atom stereocenters. The molecular formula is C16H12ClN3O5. The van der Waals surface area contributed by atoms with E-state index in [-0.39, 0.29) is 29.8 Å². The summed E-state index contributed by atoms with van der Waals surface area (Å²) in [4.78, 5) is 10.4. The molecule has 0 amide bonds. The molecule has 3 rings (SSSR count). The first-order valence-corrected chi connectivity index (χ1v) is 7.49. The van der Waals surface area contributed by atoms with Gasteiger partial charge in [0.05, 0.1) is 28.7 Å². The monoisotopic (exact) mass is 361 g/mol. The Morgan fingerprint density at radius 1 is 1.20 bits per heavy atom. The summed E-state index contributed by atoms with van der Waals surface area (Å²) >= 11 is 6.09. The van der Waals surface area contributed by atoms with Crippen LogP contribution in [0.2, 0.25) is 5.02 Å². The first-order chi connectivity index (χ1) is 12.1. The van der Waals surface area contributed by atoms with Gasteiger partial charge in [0.1, 0.15) is 0 Å². The van der Waals surface area contributed by atoms with Crippen LogP contribution in [0.5, 0.6) is 11.5 Å². The second kappa shape index (κ2) is 7.18. The van der Waals surface area contributed by atoms with Gasteiger partial charge in [0.2, 0.25) is 5.89 Å². The van der Waals surface area contributed by atoms with Crippen LogP contribution in [0.15, 0.2) is 46.9 Å². The largest absolute Gasteiger partial charge is 0.493 e. The Morgan fingerprint density at radius 3 is 2.72 bits per heavy atom. The van der Waals surface area contributed by atoms with Crippen LogP contribution in [-0.2, 0) is 6.61 Å². The van der Waals surface area contributed by atoms with E-state index in [1.807, 2.05) is 0 Å². The van der Waals surface area contributed by atoms with Crippen molar-refractivity contribution in [3.8, 4) is 23.0 Å². The van der Waals surface area contributed by atoms with Crippen molar-refractivity contribution in [3.05, 3.63) is 63.5 Å². The molecule has 0 N–H and O–H groups in total. The van der Waals surface area contributed by atoms with Gasteiger partial charge in [-0.05, 0) is 18.2 Å². The minimum atomic E-state index is -0.519. The summed E-state index contributed by atoms with van der Waals surface area (Å²) < 4.78 is 16.2. The number of aromatic nitrogens is 2. The van der Waals surface area contributed by atoms with Crippen molar-refractivity contribution in [3.63, 3.8) is 0 Å². The zero-order valence-electron chi connectivity index (χ0n) is 13.0. The number of halogens is 1. The standard InChI is InChI=1S/C16H12ClN3O5/c1-23-13-7-6-10(20(21)22)8-14(13)24-9-15-18-19-16(25-15)11-4-2-3-5-12(11)17/h2-8H,9H2,1H3. The molecule has 0 aliphatic rings.